The third-order valence-electron chi connectivity index (χ3n) is 2.38. The van der Waals surface area contributed by atoms with Crippen molar-refractivity contribution in [3.05, 3.63) is 53.7 Å². The van der Waals surface area contributed by atoms with Gasteiger partial charge in [-0.3, -0.25) is 4.98 Å². The molecule has 1 aromatic carbocycles. The monoisotopic (exact) mass is 209 g/mol. The van der Waals surface area contributed by atoms with E-state index < -0.39 is 0 Å². The number of hydrogen-bond acceptors (Lipinski definition) is 3. The first kappa shape index (κ1) is 10.3. The number of benzene rings is 1. The van der Waals surface area contributed by atoms with E-state index in [1.807, 2.05) is 30.3 Å². The summed E-state index contributed by atoms with van der Waals surface area (Å²) < 4.78 is 0. The molecule has 0 unspecified atom stereocenters. The predicted octanol–water partition coefficient (Wildman–Crippen LogP) is 2.08. The third kappa shape index (κ3) is 1.92. The second kappa shape index (κ2) is 4.56. The Morgan fingerprint density at radius 1 is 1.19 bits per heavy atom. The van der Waals surface area contributed by atoms with Gasteiger partial charge in [0.05, 0.1) is 17.3 Å². The van der Waals surface area contributed by atoms with Crippen molar-refractivity contribution in [1.82, 2.24) is 4.98 Å². The van der Waals surface area contributed by atoms with E-state index in [-0.39, 0.29) is 0 Å². The second-order valence-electron chi connectivity index (χ2n) is 3.41. The van der Waals surface area contributed by atoms with E-state index in [1.165, 1.54) is 0 Å². The van der Waals surface area contributed by atoms with E-state index in [0.717, 1.165) is 16.8 Å². The highest BCUT2D eigenvalue weighted by Gasteiger charge is 2.04. The van der Waals surface area contributed by atoms with Crippen LogP contribution in [-0.2, 0) is 6.54 Å². The van der Waals surface area contributed by atoms with Gasteiger partial charge in [0, 0.05) is 18.3 Å². The smallest absolute Gasteiger partial charge is 0.0998 e. The molecule has 3 nitrogen and oxygen atoms in total. The molecule has 2 aromatic rings. The molecule has 2 N–H and O–H groups in total. The molecule has 78 valence electrons. The molecule has 0 spiro atoms. The van der Waals surface area contributed by atoms with Crippen molar-refractivity contribution in [3.63, 3.8) is 0 Å². The zero-order valence-corrected chi connectivity index (χ0v) is 8.72. The summed E-state index contributed by atoms with van der Waals surface area (Å²) in [5.41, 5.74) is 8.78. The van der Waals surface area contributed by atoms with Gasteiger partial charge >= 0.3 is 0 Å². The highest BCUT2D eigenvalue weighted by atomic mass is 14.7. The summed E-state index contributed by atoms with van der Waals surface area (Å²) >= 11 is 0. The van der Waals surface area contributed by atoms with E-state index in [9.17, 15) is 0 Å². The van der Waals surface area contributed by atoms with Gasteiger partial charge in [-0.25, -0.2) is 0 Å². The lowest BCUT2D eigenvalue weighted by molar-refractivity contribution is 1.05. The largest absolute Gasteiger partial charge is 0.326 e. The average molecular weight is 209 g/mol. The van der Waals surface area contributed by atoms with Gasteiger partial charge in [-0.2, -0.15) is 5.26 Å². The molecule has 3 heteroatoms. The lowest BCUT2D eigenvalue weighted by Crippen LogP contribution is -1.97. The molecule has 1 aromatic heterocycles. The molecule has 0 fully saturated rings. The average Bonchev–Trinajstić information content (AvgIpc) is 2.39. The first-order valence-corrected chi connectivity index (χ1v) is 4.99. The summed E-state index contributed by atoms with van der Waals surface area (Å²) in [5, 5.41) is 8.98. The van der Waals surface area contributed by atoms with Crippen molar-refractivity contribution in [3.8, 4) is 17.3 Å². The van der Waals surface area contributed by atoms with E-state index in [1.54, 1.807) is 12.3 Å². The number of nitrogens with two attached hydrogens (primary N) is 1. The fraction of sp³-hybridized carbons (Fsp3) is 0.0769. The Morgan fingerprint density at radius 2 is 2.00 bits per heavy atom. The maximum Gasteiger partial charge on any atom is 0.0998 e. The Balaban J connectivity index is 2.47. The minimum Gasteiger partial charge on any atom is -0.326 e. The molecular weight excluding hydrogens is 198 g/mol. The lowest BCUT2D eigenvalue weighted by Gasteiger charge is -2.03. The SMILES string of the molecule is N#Cc1ccccc1-c1ccc(CN)cn1. The van der Waals surface area contributed by atoms with Crippen LogP contribution >= 0.6 is 0 Å². The van der Waals surface area contributed by atoms with Crippen LogP contribution in [0.1, 0.15) is 11.1 Å². The molecule has 0 amide bonds. The molecule has 16 heavy (non-hydrogen) atoms. The Hall–Kier alpha value is -2.18. The fourth-order valence-electron chi connectivity index (χ4n) is 1.51. The van der Waals surface area contributed by atoms with Crippen molar-refractivity contribution in [2.24, 2.45) is 5.73 Å². The Kier molecular flexibility index (Phi) is 2.95. The molecule has 0 atom stereocenters. The molecule has 0 saturated heterocycles. The summed E-state index contributed by atoms with van der Waals surface area (Å²) in [7, 11) is 0. The van der Waals surface area contributed by atoms with Gasteiger partial charge in [-0.15, -0.1) is 0 Å². The van der Waals surface area contributed by atoms with Crippen LogP contribution in [0.25, 0.3) is 11.3 Å². The quantitative estimate of drug-likeness (QED) is 0.823. The zero-order valence-electron chi connectivity index (χ0n) is 8.72. The van der Waals surface area contributed by atoms with Gasteiger partial charge in [-0.1, -0.05) is 24.3 Å². The van der Waals surface area contributed by atoms with Gasteiger partial charge in [0.1, 0.15) is 0 Å². The topological polar surface area (TPSA) is 62.7 Å². The van der Waals surface area contributed by atoms with E-state index in [0.29, 0.717) is 12.1 Å². The van der Waals surface area contributed by atoms with Crippen molar-refractivity contribution >= 4 is 0 Å². The van der Waals surface area contributed by atoms with Crippen molar-refractivity contribution in [2.45, 2.75) is 6.54 Å². The van der Waals surface area contributed by atoms with Crippen molar-refractivity contribution in [2.75, 3.05) is 0 Å². The Bertz CT molecular complexity index is 524. The van der Waals surface area contributed by atoms with E-state index in [2.05, 4.69) is 11.1 Å². The highest BCUT2D eigenvalue weighted by Crippen LogP contribution is 2.20. The zero-order chi connectivity index (χ0) is 11.4. The number of hydrogen-bond donors (Lipinski definition) is 1. The van der Waals surface area contributed by atoms with Gasteiger partial charge in [-0.05, 0) is 17.7 Å². The molecule has 2 rings (SSSR count). The van der Waals surface area contributed by atoms with E-state index in [4.69, 9.17) is 11.0 Å². The van der Waals surface area contributed by atoms with Crippen LogP contribution in [0.15, 0.2) is 42.6 Å². The number of aromatic nitrogens is 1. The predicted molar refractivity (Wildman–Crippen MR) is 62.3 cm³/mol. The first-order valence-electron chi connectivity index (χ1n) is 4.99. The molecule has 0 radical (unpaired) electrons. The molecule has 0 bridgehead atoms. The molecule has 1 heterocycles. The Labute approximate surface area is 94.2 Å². The van der Waals surface area contributed by atoms with Crippen LogP contribution in [-0.4, -0.2) is 4.98 Å². The molecule has 0 aliphatic carbocycles. The van der Waals surface area contributed by atoms with Gasteiger partial charge in [0.15, 0.2) is 0 Å². The molecule has 0 aliphatic heterocycles. The lowest BCUT2D eigenvalue weighted by atomic mass is 10.0. The van der Waals surface area contributed by atoms with Crippen LogP contribution in [0.2, 0.25) is 0 Å². The van der Waals surface area contributed by atoms with E-state index >= 15 is 0 Å². The normalized spacial score (nSPS) is 9.75. The van der Waals surface area contributed by atoms with Crippen molar-refractivity contribution in [1.29, 1.82) is 5.26 Å². The number of rotatable bonds is 2. The summed E-state index contributed by atoms with van der Waals surface area (Å²) in [6, 6.07) is 13.4. The van der Waals surface area contributed by atoms with Crippen LogP contribution in [0.5, 0.6) is 0 Å². The standard InChI is InChI=1S/C13H11N3/c14-7-10-5-6-13(16-9-10)12-4-2-1-3-11(12)8-15/h1-6,9H,7,14H2. The summed E-state index contributed by atoms with van der Waals surface area (Å²) in [4.78, 5) is 4.30. The summed E-state index contributed by atoms with van der Waals surface area (Å²) in [6.45, 7) is 0.479. The van der Waals surface area contributed by atoms with Crippen LogP contribution in [0, 0.1) is 11.3 Å². The molecule has 0 aliphatic rings. The number of nitrogens with zero attached hydrogens (tertiary/aromatic N) is 2. The molecule has 0 saturated carbocycles. The number of nitriles is 1. The summed E-state index contributed by atoms with van der Waals surface area (Å²) in [6.07, 6.45) is 1.74. The Morgan fingerprint density at radius 3 is 2.62 bits per heavy atom. The minimum atomic E-state index is 0.479. The number of pyridine rings is 1. The van der Waals surface area contributed by atoms with Crippen LogP contribution in [0.3, 0.4) is 0 Å². The maximum absolute atomic E-state index is 8.98. The highest BCUT2D eigenvalue weighted by molar-refractivity contribution is 5.67. The van der Waals surface area contributed by atoms with Gasteiger partial charge < -0.3 is 5.73 Å². The van der Waals surface area contributed by atoms with Gasteiger partial charge in [0.25, 0.3) is 0 Å². The summed E-state index contributed by atoms with van der Waals surface area (Å²) in [5.74, 6) is 0. The van der Waals surface area contributed by atoms with Crippen molar-refractivity contribution < 1.29 is 0 Å². The molecular formula is C13H11N3. The first-order chi connectivity index (χ1) is 7.85. The maximum atomic E-state index is 8.98. The van der Waals surface area contributed by atoms with Gasteiger partial charge in [0.2, 0.25) is 0 Å². The fourth-order valence-corrected chi connectivity index (χ4v) is 1.51. The minimum absolute atomic E-state index is 0.479. The van der Waals surface area contributed by atoms with Crippen LogP contribution < -0.4 is 5.73 Å². The second-order valence-corrected chi connectivity index (χ2v) is 3.41. The van der Waals surface area contributed by atoms with Crippen LogP contribution in [0.4, 0.5) is 0 Å². The third-order valence-corrected chi connectivity index (χ3v) is 2.38.